The lowest BCUT2D eigenvalue weighted by Crippen LogP contribution is -2.40. The van der Waals surface area contributed by atoms with Crippen LogP contribution in [0.5, 0.6) is 0 Å². The van der Waals surface area contributed by atoms with E-state index in [-0.39, 0.29) is 12.5 Å². The van der Waals surface area contributed by atoms with Gasteiger partial charge in [0.05, 0.1) is 12.2 Å². The van der Waals surface area contributed by atoms with Gasteiger partial charge in [-0.3, -0.25) is 4.79 Å². The normalized spacial score (nSPS) is 15.4. The van der Waals surface area contributed by atoms with Crippen LogP contribution in [0.1, 0.15) is 70.2 Å². The molecule has 1 amide bonds. The Labute approximate surface area is 156 Å². The molecule has 1 fully saturated rings. The molecule has 0 unspecified atom stereocenters. The summed E-state index contributed by atoms with van der Waals surface area (Å²) in [6.45, 7) is 9.44. The third kappa shape index (κ3) is 6.04. The molecule has 2 N–H and O–H groups in total. The Kier molecular flexibility index (Phi) is 8.44. The first-order chi connectivity index (χ1) is 12.7. The SMILES string of the molecule is CCNC(=NCC(=O)N1CCCCC1)NCc1cc(C(CC)CC)no1. The zero-order chi connectivity index (χ0) is 18.8. The minimum absolute atomic E-state index is 0.0950. The van der Waals surface area contributed by atoms with Gasteiger partial charge in [-0.05, 0) is 39.0 Å². The lowest BCUT2D eigenvalue weighted by molar-refractivity contribution is -0.130. The molecular formula is C19H33N5O2. The van der Waals surface area contributed by atoms with Crippen molar-refractivity contribution in [3.05, 3.63) is 17.5 Å². The highest BCUT2D eigenvalue weighted by atomic mass is 16.5. The fourth-order valence-corrected chi connectivity index (χ4v) is 3.21. The highest BCUT2D eigenvalue weighted by Gasteiger charge is 2.16. The van der Waals surface area contributed by atoms with E-state index in [0.29, 0.717) is 18.4 Å². The first-order valence-electron chi connectivity index (χ1n) is 9.93. The number of guanidine groups is 1. The number of piperidine rings is 1. The Morgan fingerprint density at radius 3 is 2.62 bits per heavy atom. The van der Waals surface area contributed by atoms with Crippen LogP contribution in [0, 0.1) is 0 Å². The minimum Gasteiger partial charge on any atom is -0.359 e. The maximum atomic E-state index is 12.3. The van der Waals surface area contributed by atoms with Crippen LogP contribution in [0.25, 0.3) is 0 Å². The van der Waals surface area contributed by atoms with Crippen LogP contribution in [0.2, 0.25) is 0 Å². The number of hydrogen-bond acceptors (Lipinski definition) is 4. The van der Waals surface area contributed by atoms with Gasteiger partial charge in [-0.2, -0.15) is 0 Å². The summed E-state index contributed by atoms with van der Waals surface area (Å²) in [4.78, 5) is 18.6. The number of carbonyl (C=O) groups is 1. The number of nitrogens with zero attached hydrogens (tertiary/aromatic N) is 3. The largest absolute Gasteiger partial charge is 0.359 e. The summed E-state index contributed by atoms with van der Waals surface area (Å²) in [6, 6.07) is 2.01. The topological polar surface area (TPSA) is 82.8 Å². The number of nitrogens with one attached hydrogen (secondary N) is 2. The first-order valence-corrected chi connectivity index (χ1v) is 9.93. The van der Waals surface area contributed by atoms with Gasteiger partial charge in [-0.1, -0.05) is 19.0 Å². The number of amides is 1. The molecule has 146 valence electrons. The summed E-state index contributed by atoms with van der Waals surface area (Å²) in [5.41, 5.74) is 1.01. The maximum absolute atomic E-state index is 12.3. The molecule has 7 nitrogen and oxygen atoms in total. The molecule has 2 rings (SSSR count). The van der Waals surface area contributed by atoms with Gasteiger partial charge < -0.3 is 20.1 Å². The first kappa shape index (κ1) is 20.3. The second kappa shape index (κ2) is 10.8. The van der Waals surface area contributed by atoms with Gasteiger partial charge >= 0.3 is 0 Å². The molecule has 0 spiro atoms. The van der Waals surface area contributed by atoms with Crippen molar-refractivity contribution in [2.24, 2.45) is 4.99 Å². The van der Waals surface area contributed by atoms with E-state index in [9.17, 15) is 4.79 Å². The number of rotatable bonds is 8. The van der Waals surface area contributed by atoms with Gasteiger partial charge in [0.2, 0.25) is 5.91 Å². The van der Waals surface area contributed by atoms with Crippen LogP contribution >= 0.6 is 0 Å². The summed E-state index contributed by atoms with van der Waals surface area (Å²) in [5.74, 6) is 1.94. The molecule has 1 aliphatic heterocycles. The van der Waals surface area contributed by atoms with Crippen LogP contribution in [0.15, 0.2) is 15.6 Å². The van der Waals surface area contributed by atoms with Gasteiger partial charge in [0.25, 0.3) is 0 Å². The molecule has 7 heteroatoms. The molecule has 1 aliphatic rings. The van der Waals surface area contributed by atoms with E-state index in [1.807, 2.05) is 17.9 Å². The van der Waals surface area contributed by atoms with E-state index < -0.39 is 0 Å². The molecule has 0 saturated carbocycles. The van der Waals surface area contributed by atoms with E-state index >= 15 is 0 Å². The van der Waals surface area contributed by atoms with Gasteiger partial charge in [-0.15, -0.1) is 0 Å². The van der Waals surface area contributed by atoms with E-state index in [0.717, 1.165) is 56.8 Å². The van der Waals surface area contributed by atoms with Crippen molar-refractivity contribution >= 4 is 11.9 Å². The summed E-state index contributed by atoms with van der Waals surface area (Å²) in [6.07, 6.45) is 5.51. The van der Waals surface area contributed by atoms with Gasteiger partial charge in [0, 0.05) is 31.6 Å². The lowest BCUT2D eigenvalue weighted by atomic mass is 9.99. The highest BCUT2D eigenvalue weighted by molar-refractivity contribution is 5.84. The second-order valence-corrected chi connectivity index (χ2v) is 6.72. The second-order valence-electron chi connectivity index (χ2n) is 6.72. The maximum Gasteiger partial charge on any atom is 0.244 e. The van der Waals surface area contributed by atoms with Crippen molar-refractivity contribution in [1.82, 2.24) is 20.7 Å². The Bertz CT molecular complexity index is 574. The van der Waals surface area contributed by atoms with Gasteiger partial charge in [0.1, 0.15) is 6.54 Å². The monoisotopic (exact) mass is 363 g/mol. The van der Waals surface area contributed by atoms with E-state index in [1.54, 1.807) is 0 Å². The fourth-order valence-electron chi connectivity index (χ4n) is 3.21. The molecule has 0 radical (unpaired) electrons. The summed E-state index contributed by atoms with van der Waals surface area (Å²) in [5, 5.41) is 10.6. The summed E-state index contributed by atoms with van der Waals surface area (Å²) in [7, 11) is 0. The minimum atomic E-state index is 0.0950. The quantitative estimate of drug-likeness (QED) is 0.548. The zero-order valence-electron chi connectivity index (χ0n) is 16.4. The highest BCUT2D eigenvalue weighted by Crippen LogP contribution is 2.22. The van der Waals surface area contributed by atoms with Crippen molar-refractivity contribution in [2.75, 3.05) is 26.2 Å². The van der Waals surface area contributed by atoms with E-state index in [4.69, 9.17) is 4.52 Å². The molecule has 26 heavy (non-hydrogen) atoms. The van der Waals surface area contributed by atoms with Crippen molar-refractivity contribution in [1.29, 1.82) is 0 Å². The molecule has 2 heterocycles. The van der Waals surface area contributed by atoms with Crippen molar-refractivity contribution < 1.29 is 9.32 Å². The van der Waals surface area contributed by atoms with Crippen molar-refractivity contribution in [2.45, 2.75) is 65.3 Å². The number of hydrogen-bond donors (Lipinski definition) is 2. The predicted octanol–water partition coefficient (Wildman–Crippen LogP) is 2.65. The van der Waals surface area contributed by atoms with Crippen LogP contribution < -0.4 is 10.6 Å². The number of likely N-dealkylation sites (tertiary alicyclic amines) is 1. The van der Waals surface area contributed by atoms with E-state index in [1.165, 1.54) is 6.42 Å². The zero-order valence-corrected chi connectivity index (χ0v) is 16.4. The molecule has 0 bridgehead atoms. The molecule has 1 saturated heterocycles. The number of aromatic nitrogens is 1. The molecule has 0 atom stereocenters. The fraction of sp³-hybridized carbons (Fsp3) is 0.737. The average Bonchev–Trinajstić information content (AvgIpc) is 3.14. The molecule has 0 aliphatic carbocycles. The van der Waals surface area contributed by atoms with Gasteiger partial charge in [-0.25, -0.2) is 4.99 Å². The molecule has 1 aromatic heterocycles. The molecular weight excluding hydrogens is 330 g/mol. The van der Waals surface area contributed by atoms with E-state index in [2.05, 4.69) is 34.6 Å². The van der Waals surface area contributed by atoms with Crippen LogP contribution in [-0.2, 0) is 11.3 Å². The molecule has 1 aromatic rings. The smallest absolute Gasteiger partial charge is 0.244 e. The average molecular weight is 364 g/mol. The Hall–Kier alpha value is -2.05. The third-order valence-electron chi connectivity index (χ3n) is 4.84. The summed E-state index contributed by atoms with van der Waals surface area (Å²) < 4.78 is 5.43. The van der Waals surface area contributed by atoms with Crippen molar-refractivity contribution in [3.63, 3.8) is 0 Å². The Morgan fingerprint density at radius 1 is 1.23 bits per heavy atom. The molecule has 0 aromatic carbocycles. The predicted molar refractivity (Wildman–Crippen MR) is 103 cm³/mol. The third-order valence-corrected chi connectivity index (χ3v) is 4.84. The number of carbonyl (C=O) groups excluding carboxylic acids is 1. The van der Waals surface area contributed by atoms with Crippen LogP contribution in [0.3, 0.4) is 0 Å². The lowest BCUT2D eigenvalue weighted by Gasteiger charge is -2.26. The Morgan fingerprint density at radius 2 is 1.96 bits per heavy atom. The summed E-state index contributed by atoms with van der Waals surface area (Å²) >= 11 is 0. The van der Waals surface area contributed by atoms with Crippen LogP contribution in [0.4, 0.5) is 0 Å². The van der Waals surface area contributed by atoms with Crippen molar-refractivity contribution in [3.8, 4) is 0 Å². The number of aliphatic imine (C=N–C) groups is 1. The standard InChI is InChI=1S/C19H33N5O2/c1-4-15(5-2)17-12-16(26-23-17)13-21-19(20-6-3)22-14-18(25)24-10-8-7-9-11-24/h12,15H,4-11,13-14H2,1-3H3,(H2,20,21,22). The van der Waals surface area contributed by atoms with Crippen LogP contribution in [-0.4, -0.2) is 48.1 Å². The van der Waals surface area contributed by atoms with Gasteiger partial charge in [0.15, 0.2) is 11.7 Å². The Balaban J connectivity index is 1.87.